The van der Waals surface area contributed by atoms with Gasteiger partial charge >= 0.3 is 0 Å². The monoisotopic (exact) mass is 354 g/mol. The van der Waals surface area contributed by atoms with E-state index in [1.165, 1.54) is 17.4 Å². The van der Waals surface area contributed by atoms with Crippen molar-refractivity contribution in [1.82, 2.24) is 9.38 Å². The number of halogens is 2. The normalized spacial score (nSPS) is 11.1. The van der Waals surface area contributed by atoms with Gasteiger partial charge in [0.2, 0.25) is 0 Å². The molecule has 3 rings (SSSR count). The van der Waals surface area contributed by atoms with Crippen LogP contribution in [0, 0.1) is 0 Å². The maximum absolute atomic E-state index is 11.5. The Hall–Kier alpha value is -1.17. The molecule has 0 aliphatic carbocycles. The first kappa shape index (κ1) is 12.8. The number of aromatic nitrogens is 2. The number of rotatable bonds is 2. The highest BCUT2D eigenvalue weighted by molar-refractivity contribution is 9.10. The average molecular weight is 356 g/mol. The quantitative estimate of drug-likeness (QED) is 0.653. The molecule has 0 spiro atoms. The predicted octanol–water partition coefficient (Wildman–Crippen LogP) is 3.92. The lowest BCUT2D eigenvalue weighted by molar-refractivity contribution is 1.03. The lowest BCUT2D eigenvalue weighted by Crippen LogP contribution is -2.10. The number of nitrogens with zero attached hydrogens (tertiary/aromatic N) is 2. The molecule has 0 fully saturated rings. The van der Waals surface area contributed by atoms with Gasteiger partial charge in [-0.05, 0) is 17.7 Å². The molecule has 0 saturated carbocycles. The molecule has 1 aromatic carbocycles. The minimum atomic E-state index is -0.250. The van der Waals surface area contributed by atoms with Gasteiger partial charge in [0.1, 0.15) is 0 Å². The summed E-state index contributed by atoms with van der Waals surface area (Å²) in [4.78, 5) is 16.1. The smallest absolute Gasteiger partial charge is 0.274 e. The topological polar surface area (TPSA) is 34.4 Å². The molecular formula is C13H8BrClN2OS. The van der Waals surface area contributed by atoms with Gasteiger partial charge in [-0.1, -0.05) is 28.1 Å². The zero-order chi connectivity index (χ0) is 13.4. The first-order chi connectivity index (χ1) is 9.19. The summed E-state index contributed by atoms with van der Waals surface area (Å²) in [5.41, 5.74) is 2.57. The van der Waals surface area contributed by atoms with Crippen molar-refractivity contribution >= 4 is 43.8 Å². The molecule has 6 heteroatoms. The summed E-state index contributed by atoms with van der Waals surface area (Å²) in [6.07, 6.45) is 0. The van der Waals surface area contributed by atoms with Crippen molar-refractivity contribution in [2.45, 2.75) is 5.88 Å². The van der Waals surface area contributed by atoms with Crippen LogP contribution in [0.1, 0.15) is 5.69 Å². The number of fused-ring (bicyclic) bond motifs is 1. The van der Waals surface area contributed by atoms with E-state index in [-0.39, 0.29) is 11.4 Å². The van der Waals surface area contributed by atoms with Gasteiger partial charge < -0.3 is 0 Å². The number of thiazole rings is 1. The van der Waals surface area contributed by atoms with E-state index in [0.717, 1.165) is 21.4 Å². The van der Waals surface area contributed by atoms with E-state index in [1.54, 1.807) is 0 Å². The number of hydrogen-bond donors (Lipinski definition) is 0. The zero-order valence-electron chi connectivity index (χ0n) is 9.64. The second kappa shape index (κ2) is 5.07. The largest absolute Gasteiger partial charge is 0.287 e. The fraction of sp³-hybridized carbons (Fsp3) is 0.0769. The Labute approximate surface area is 126 Å². The maximum atomic E-state index is 11.5. The molecule has 0 aliphatic rings. The van der Waals surface area contributed by atoms with Crippen molar-refractivity contribution in [3.05, 3.63) is 56.2 Å². The Morgan fingerprint density at radius 1 is 1.32 bits per heavy atom. The summed E-state index contributed by atoms with van der Waals surface area (Å²) in [7, 11) is 0. The van der Waals surface area contributed by atoms with Gasteiger partial charge in [-0.15, -0.1) is 22.9 Å². The van der Waals surface area contributed by atoms with Gasteiger partial charge in [0.05, 0.1) is 11.6 Å². The Morgan fingerprint density at radius 3 is 2.74 bits per heavy atom. The van der Waals surface area contributed by atoms with E-state index >= 15 is 0 Å². The molecule has 3 nitrogen and oxygen atoms in total. The Morgan fingerprint density at radius 2 is 2.05 bits per heavy atom. The van der Waals surface area contributed by atoms with Crippen molar-refractivity contribution in [3.8, 4) is 11.3 Å². The molecule has 19 heavy (non-hydrogen) atoms. The van der Waals surface area contributed by atoms with E-state index in [0.29, 0.717) is 4.96 Å². The molecule has 0 bridgehead atoms. The summed E-state index contributed by atoms with van der Waals surface area (Å²) in [5.74, 6) is 0.277. The summed E-state index contributed by atoms with van der Waals surface area (Å²) >= 11 is 10.8. The van der Waals surface area contributed by atoms with Gasteiger partial charge in [-0.25, -0.2) is 0 Å². The van der Waals surface area contributed by atoms with Crippen LogP contribution in [-0.4, -0.2) is 9.38 Å². The van der Waals surface area contributed by atoms with E-state index in [1.807, 2.05) is 34.0 Å². The highest BCUT2D eigenvalue weighted by Gasteiger charge is 2.10. The van der Waals surface area contributed by atoms with Crippen LogP contribution in [0.3, 0.4) is 0 Å². The average Bonchev–Trinajstić information content (AvgIpc) is 2.82. The molecule has 3 aromatic rings. The highest BCUT2D eigenvalue weighted by Crippen LogP contribution is 2.27. The van der Waals surface area contributed by atoms with Crippen molar-refractivity contribution < 1.29 is 0 Å². The van der Waals surface area contributed by atoms with Crippen molar-refractivity contribution in [1.29, 1.82) is 0 Å². The first-order valence-corrected chi connectivity index (χ1v) is 7.72. The van der Waals surface area contributed by atoms with Crippen LogP contribution in [0.25, 0.3) is 16.2 Å². The van der Waals surface area contributed by atoms with E-state index in [4.69, 9.17) is 11.6 Å². The van der Waals surface area contributed by atoms with Crippen LogP contribution in [-0.2, 0) is 5.88 Å². The van der Waals surface area contributed by atoms with Crippen LogP contribution in [0.4, 0.5) is 0 Å². The first-order valence-electron chi connectivity index (χ1n) is 5.51. The van der Waals surface area contributed by atoms with Crippen molar-refractivity contribution in [3.63, 3.8) is 0 Å². The van der Waals surface area contributed by atoms with Crippen LogP contribution in [0.2, 0.25) is 0 Å². The summed E-state index contributed by atoms with van der Waals surface area (Å²) in [6, 6.07) is 9.47. The molecule has 2 aromatic heterocycles. The fourth-order valence-electron chi connectivity index (χ4n) is 1.92. The standard InChI is InChI=1S/C13H8BrClN2OS/c14-9-3-1-8(2-4-9)11-7-19-13-16-12(18)5-10(6-15)17(11)13/h1-5,7H,6H2. The van der Waals surface area contributed by atoms with Crippen LogP contribution in [0.5, 0.6) is 0 Å². The van der Waals surface area contributed by atoms with Crippen molar-refractivity contribution in [2.24, 2.45) is 0 Å². The molecule has 0 saturated heterocycles. The minimum absolute atomic E-state index is 0.250. The molecule has 0 unspecified atom stereocenters. The molecule has 0 amide bonds. The van der Waals surface area contributed by atoms with Crippen LogP contribution >= 0.6 is 38.9 Å². The molecule has 0 atom stereocenters. The molecule has 2 heterocycles. The third-order valence-electron chi connectivity index (χ3n) is 2.77. The summed E-state index contributed by atoms with van der Waals surface area (Å²) in [6.45, 7) is 0. The number of alkyl halides is 1. The Bertz CT molecular complexity index is 795. The van der Waals surface area contributed by atoms with E-state index in [9.17, 15) is 4.79 Å². The van der Waals surface area contributed by atoms with E-state index in [2.05, 4.69) is 20.9 Å². The van der Waals surface area contributed by atoms with Crippen LogP contribution in [0.15, 0.2) is 45.0 Å². The molecule has 0 aliphatic heterocycles. The molecule has 96 valence electrons. The van der Waals surface area contributed by atoms with Gasteiger partial charge in [0, 0.05) is 21.6 Å². The van der Waals surface area contributed by atoms with Gasteiger partial charge in [0.25, 0.3) is 5.56 Å². The zero-order valence-corrected chi connectivity index (χ0v) is 12.8. The van der Waals surface area contributed by atoms with Crippen LogP contribution < -0.4 is 5.56 Å². The fourth-order valence-corrected chi connectivity index (χ4v) is 3.30. The Kier molecular flexibility index (Phi) is 3.43. The molecule has 0 N–H and O–H groups in total. The number of benzene rings is 1. The second-order valence-electron chi connectivity index (χ2n) is 3.97. The molecular weight excluding hydrogens is 348 g/mol. The summed E-state index contributed by atoms with van der Waals surface area (Å²) < 4.78 is 2.96. The predicted molar refractivity (Wildman–Crippen MR) is 82.0 cm³/mol. The third kappa shape index (κ3) is 2.33. The lowest BCUT2D eigenvalue weighted by Gasteiger charge is -2.06. The molecule has 0 radical (unpaired) electrons. The third-order valence-corrected chi connectivity index (χ3v) is 4.40. The minimum Gasteiger partial charge on any atom is -0.287 e. The van der Waals surface area contributed by atoms with E-state index < -0.39 is 0 Å². The second-order valence-corrected chi connectivity index (χ2v) is 5.98. The maximum Gasteiger partial charge on any atom is 0.274 e. The van der Waals surface area contributed by atoms with Gasteiger partial charge in [-0.2, -0.15) is 4.98 Å². The van der Waals surface area contributed by atoms with Gasteiger partial charge in [0.15, 0.2) is 4.96 Å². The highest BCUT2D eigenvalue weighted by atomic mass is 79.9. The van der Waals surface area contributed by atoms with Gasteiger partial charge in [-0.3, -0.25) is 9.20 Å². The lowest BCUT2D eigenvalue weighted by atomic mass is 10.2. The number of hydrogen-bond acceptors (Lipinski definition) is 3. The van der Waals surface area contributed by atoms with Crippen molar-refractivity contribution in [2.75, 3.05) is 0 Å². The Balaban J connectivity index is 2.30. The summed E-state index contributed by atoms with van der Waals surface area (Å²) in [5, 5.41) is 1.99. The SMILES string of the molecule is O=c1cc(CCl)n2c(-c3ccc(Br)cc3)csc2n1.